The van der Waals surface area contributed by atoms with Crippen molar-refractivity contribution in [2.75, 3.05) is 6.61 Å². The van der Waals surface area contributed by atoms with E-state index in [9.17, 15) is 9.90 Å². The molecule has 2 aliphatic heterocycles. The maximum atomic E-state index is 12.5. The lowest BCUT2D eigenvalue weighted by atomic mass is 9.73. The number of hydrogen-bond donors (Lipinski definition) is 1. The van der Waals surface area contributed by atoms with Gasteiger partial charge in [-0.05, 0) is 64.2 Å². The molecule has 0 spiro atoms. The van der Waals surface area contributed by atoms with E-state index in [1.54, 1.807) is 6.92 Å². The van der Waals surface area contributed by atoms with Crippen LogP contribution in [0, 0.1) is 0 Å². The Hall–Kier alpha value is -1.37. The molecule has 1 aromatic rings. The van der Waals surface area contributed by atoms with Crippen LogP contribution in [0.25, 0.3) is 0 Å². The summed E-state index contributed by atoms with van der Waals surface area (Å²) >= 11 is 0. The molecule has 1 unspecified atom stereocenters. The minimum Gasteiger partial charge on any atom is -0.484 e. The van der Waals surface area contributed by atoms with E-state index in [0.29, 0.717) is 11.3 Å². The van der Waals surface area contributed by atoms with Crippen molar-refractivity contribution in [1.29, 1.82) is 0 Å². The molecule has 3 rings (SSSR count). The summed E-state index contributed by atoms with van der Waals surface area (Å²) in [6.45, 7) is 11.6. The lowest BCUT2D eigenvalue weighted by Crippen LogP contribution is -2.44. The second-order valence-corrected chi connectivity index (χ2v) is 8.30. The first-order valence-corrected chi connectivity index (χ1v) is 8.87. The van der Waals surface area contributed by atoms with Crippen molar-refractivity contribution < 1.29 is 23.9 Å². The van der Waals surface area contributed by atoms with Gasteiger partial charge in [-0.2, -0.15) is 0 Å². The topological polar surface area (TPSA) is 65.0 Å². The van der Waals surface area contributed by atoms with Gasteiger partial charge in [-0.3, -0.25) is 4.79 Å². The van der Waals surface area contributed by atoms with Crippen LogP contribution in [0.15, 0.2) is 12.1 Å². The molecule has 0 amide bonds. The summed E-state index contributed by atoms with van der Waals surface area (Å²) in [6, 6.07) is 3.73. The summed E-state index contributed by atoms with van der Waals surface area (Å²) in [5, 5.41) is 9.59. The van der Waals surface area contributed by atoms with Gasteiger partial charge in [0.25, 0.3) is 0 Å². The summed E-state index contributed by atoms with van der Waals surface area (Å²) in [5.74, 6) is 0.489. The minimum atomic E-state index is -0.884. The largest absolute Gasteiger partial charge is 0.495 e. The number of Topliss-reactive ketones (excluding diaryl/α,β-unsaturated/α-hetero) is 1. The number of rotatable bonds is 3. The van der Waals surface area contributed by atoms with Crippen molar-refractivity contribution in [3.8, 4) is 5.75 Å². The zero-order valence-corrected chi connectivity index (χ0v) is 15.9. The summed E-state index contributed by atoms with van der Waals surface area (Å²) in [4.78, 5) is 12.5. The van der Waals surface area contributed by atoms with Gasteiger partial charge in [0.05, 0.1) is 29.8 Å². The molecule has 0 aliphatic carbocycles. The number of aliphatic hydroxyl groups is 1. The van der Waals surface area contributed by atoms with Gasteiger partial charge in [-0.1, -0.05) is 6.92 Å². The molecule has 1 fully saturated rings. The number of benzene rings is 1. The zero-order chi connectivity index (χ0) is 18.6. The van der Waals surface area contributed by atoms with E-state index < -0.39 is 23.9 Å². The molecule has 2 heterocycles. The normalized spacial score (nSPS) is 27.2. The molecule has 0 bridgehead atoms. The monoisotopic (exact) mass is 346 g/mol. The average molecular weight is 346 g/mol. The molecule has 0 radical (unpaired) electrons. The van der Waals surface area contributed by atoms with Gasteiger partial charge in [0.1, 0.15) is 11.4 Å². The summed E-state index contributed by atoms with van der Waals surface area (Å²) in [6.07, 6.45) is 0.937. The van der Waals surface area contributed by atoms with E-state index in [4.69, 9.17) is 14.0 Å². The van der Waals surface area contributed by atoms with Gasteiger partial charge < -0.3 is 19.2 Å². The van der Waals surface area contributed by atoms with E-state index in [1.165, 1.54) is 0 Å². The van der Waals surface area contributed by atoms with Crippen LogP contribution >= 0.6 is 0 Å². The fraction of sp³-hybridized carbons (Fsp3) is 0.632. The average Bonchev–Trinajstić information content (AvgIpc) is 2.74. The molecule has 1 aromatic carbocycles. The Balaban J connectivity index is 2.05. The van der Waals surface area contributed by atoms with Crippen molar-refractivity contribution >= 4 is 18.4 Å². The Morgan fingerprint density at radius 3 is 2.24 bits per heavy atom. The molecular formula is C19H27BO5. The molecular weight excluding hydrogens is 319 g/mol. The minimum absolute atomic E-state index is 0.00651. The molecule has 2 aliphatic rings. The van der Waals surface area contributed by atoms with Gasteiger partial charge in [0.15, 0.2) is 5.78 Å². The first kappa shape index (κ1) is 18.4. The van der Waals surface area contributed by atoms with Gasteiger partial charge >= 0.3 is 7.12 Å². The molecule has 1 N–H and O–H groups in total. The Bertz CT molecular complexity index is 696. The molecule has 25 heavy (non-hydrogen) atoms. The lowest BCUT2D eigenvalue weighted by molar-refractivity contribution is 0.00578. The highest BCUT2D eigenvalue weighted by atomic mass is 16.7. The summed E-state index contributed by atoms with van der Waals surface area (Å²) < 4.78 is 18.3. The van der Waals surface area contributed by atoms with Crippen LogP contribution in [0.5, 0.6) is 5.75 Å². The highest BCUT2D eigenvalue weighted by Gasteiger charge is 2.52. The number of ketones is 1. The number of ether oxygens (including phenoxy) is 1. The third-order valence-electron chi connectivity index (χ3n) is 5.66. The number of hydrogen-bond acceptors (Lipinski definition) is 5. The Morgan fingerprint density at radius 1 is 1.12 bits per heavy atom. The third-order valence-corrected chi connectivity index (χ3v) is 5.66. The van der Waals surface area contributed by atoms with E-state index in [2.05, 4.69) is 0 Å². The third kappa shape index (κ3) is 3.00. The van der Waals surface area contributed by atoms with Crippen LogP contribution in [-0.4, -0.2) is 41.4 Å². The fourth-order valence-corrected chi connectivity index (χ4v) is 3.26. The van der Waals surface area contributed by atoms with Gasteiger partial charge in [-0.25, -0.2) is 0 Å². The Labute approximate surface area is 149 Å². The molecule has 1 atom stereocenters. The van der Waals surface area contributed by atoms with Crippen LogP contribution in [0.3, 0.4) is 0 Å². The SMILES string of the molecule is CCc1cc2c(cc1B1OC(C)(C)C(C)(C)O1)OC(C)(CO)CC2=O. The van der Waals surface area contributed by atoms with Crippen LogP contribution < -0.4 is 10.2 Å². The van der Waals surface area contributed by atoms with E-state index >= 15 is 0 Å². The molecule has 136 valence electrons. The Kier molecular flexibility index (Phi) is 4.30. The molecule has 5 nitrogen and oxygen atoms in total. The van der Waals surface area contributed by atoms with Gasteiger partial charge in [-0.15, -0.1) is 0 Å². The number of carbonyl (C=O) groups is 1. The van der Waals surface area contributed by atoms with Crippen molar-refractivity contribution in [3.63, 3.8) is 0 Å². The second kappa shape index (κ2) is 5.83. The van der Waals surface area contributed by atoms with Crippen molar-refractivity contribution in [2.24, 2.45) is 0 Å². The van der Waals surface area contributed by atoms with Crippen LogP contribution in [0.2, 0.25) is 0 Å². The summed E-state index contributed by atoms with van der Waals surface area (Å²) in [7, 11) is -0.508. The van der Waals surface area contributed by atoms with E-state index in [-0.39, 0.29) is 18.8 Å². The van der Waals surface area contributed by atoms with Crippen LogP contribution in [0.1, 0.15) is 63.9 Å². The van der Waals surface area contributed by atoms with Gasteiger partial charge in [0.2, 0.25) is 0 Å². The number of aliphatic hydroxyl groups excluding tert-OH is 1. The highest BCUT2D eigenvalue weighted by Crippen LogP contribution is 2.38. The van der Waals surface area contributed by atoms with E-state index in [0.717, 1.165) is 17.4 Å². The first-order valence-electron chi connectivity index (χ1n) is 8.87. The predicted octanol–water partition coefficient (Wildman–Crippen LogP) is 2.26. The molecule has 0 saturated carbocycles. The number of fused-ring (bicyclic) bond motifs is 1. The summed E-state index contributed by atoms with van der Waals surface area (Å²) in [5.41, 5.74) is 0.717. The van der Waals surface area contributed by atoms with Gasteiger partial charge in [0, 0.05) is 0 Å². The standard InChI is InChI=1S/C19H27BO5/c1-7-12-8-13-15(22)10-19(6,11-21)23-16(13)9-14(12)20-24-17(2,3)18(4,5)25-20/h8-9,21H,7,10-11H2,1-6H3. The van der Waals surface area contributed by atoms with E-state index in [1.807, 2.05) is 46.8 Å². The lowest BCUT2D eigenvalue weighted by Gasteiger charge is -2.34. The predicted molar refractivity (Wildman–Crippen MR) is 96.6 cm³/mol. The van der Waals surface area contributed by atoms with Crippen molar-refractivity contribution in [3.05, 3.63) is 23.3 Å². The van der Waals surface area contributed by atoms with Crippen LogP contribution in [-0.2, 0) is 15.7 Å². The van der Waals surface area contributed by atoms with Crippen LogP contribution in [0.4, 0.5) is 0 Å². The number of carbonyl (C=O) groups excluding carboxylic acids is 1. The fourth-order valence-electron chi connectivity index (χ4n) is 3.26. The Morgan fingerprint density at radius 2 is 1.72 bits per heavy atom. The molecule has 6 heteroatoms. The quantitative estimate of drug-likeness (QED) is 0.851. The smallest absolute Gasteiger partial charge is 0.484 e. The first-order chi connectivity index (χ1) is 11.5. The maximum absolute atomic E-state index is 12.5. The number of aryl methyl sites for hydroxylation is 1. The van der Waals surface area contributed by atoms with Crippen molar-refractivity contribution in [2.45, 2.75) is 71.2 Å². The molecule has 1 saturated heterocycles. The second-order valence-electron chi connectivity index (χ2n) is 8.30. The zero-order valence-electron chi connectivity index (χ0n) is 15.9. The molecule has 0 aromatic heterocycles. The maximum Gasteiger partial charge on any atom is 0.495 e. The van der Waals surface area contributed by atoms with Crippen molar-refractivity contribution in [1.82, 2.24) is 0 Å². The highest BCUT2D eigenvalue weighted by molar-refractivity contribution is 6.62.